The van der Waals surface area contributed by atoms with Crippen LogP contribution in [-0.2, 0) is 13.1 Å². The second-order valence-corrected chi connectivity index (χ2v) is 6.06. The minimum absolute atomic E-state index is 1.19. The number of aromatic nitrogens is 2. The molecule has 116 valence electrons. The van der Waals surface area contributed by atoms with E-state index in [-0.39, 0.29) is 0 Å². The third kappa shape index (κ3) is 6.58. The molecule has 1 rings (SSSR count). The van der Waals surface area contributed by atoms with E-state index in [9.17, 15) is 0 Å². The molecule has 0 radical (unpaired) electrons. The first kappa shape index (κ1) is 17.3. The average Bonchev–Trinajstić information content (AvgIpc) is 2.80. The maximum absolute atomic E-state index is 2.43. The van der Waals surface area contributed by atoms with Crippen molar-refractivity contribution in [3.05, 3.63) is 18.2 Å². The SMILES string of the molecule is CCCCCCCCn1cc[n+](CCCCCC)c1C. The standard InChI is InChI=1S/C18H35N2/c1-4-6-8-10-11-13-15-20-17-16-19(18(20)3)14-12-9-7-5-2/h16-17H,4-15H2,1-3H3/q+1. The summed E-state index contributed by atoms with van der Waals surface area (Å²) in [5.74, 6) is 1.43. The van der Waals surface area contributed by atoms with E-state index in [2.05, 4.69) is 42.3 Å². The molecule has 20 heavy (non-hydrogen) atoms. The van der Waals surface area contributed by atoms with Gasteiger partial charge in [-0.25, -0.2) is 9.13 Å². The zero-order valence-corrected chi connectivity index (χ0v) is 14.0. The molecule has 1 heterocycles. The highest BCUT2D eigenvalue weighted by Gasteiger charge is 2.10. The Kier molecular flexibility index (Phi) is 9.44. The highest BCUT2D eigenvalue weighted by Crippen LogP contribution is 2.07. The van der Waals surface area contributed by atoms with Crippen LogP contribution in [0.3, 0.4) is 0 Å². The summed E-state index contributed by atoms with van der Waals surface area (Å²) in [4.78, 5) is 0. The molecule has 0 atom stereocenters. The quantitative estimate of drug-likeness (QED) is 0.375. The van der Waals surface area contributed by atoms with Gasteiger partial charge in [-0.15, -0.1) is 0 Å². The van der Waals surface area contributed by atoms with Crippen molar-refractivity contribution < 1.29 is 4.57 Å². The van der Waals surface area contributed by atoms with E-state index in [0.717, 1.165) is 0 Å². The summed E-state index contributed by atoms with van der Waals surface area (Å²) < 4.78 is 4.85. The molecule has 2 nitrogen and oxygen atoms in total. The van der Waals surface area contributed by atoms with Crippen molar-refractivity contribution in [2.24, 2.45) is 0 Å². The van der Waals surface area contributed by atoms with Gasteiger partial charge in [-0.3, -0.25) is 0 Å². The first-order valence-electron chi connectivity index (χ1n) is 8.84. The summed E-state index contributed by atoms with van der Waals surface area (Å²) in [7, 11) is 0. The first-order chi connectivity index (χ1) is 9.79. The fraction of sp³-hybridized carbons (Fsp3) is 0.833. The van der Waals surface area contributed by atoms with Gasteiger partial charge in [0.05, 0.1) is 13.1 Å². The van der Waals surface area contributed by atoms with Gasteiger partial charge in [-0.2, -0.15) is 0 Å². The van der Waals surface area contributed by atoms with E-state index in [1.54, 1.807) is 0 Å². The van der Waals surface area contributed by atoms with E-state index in [0.29, 0.717) is 0 Å². The monoisotopic (exact) mass is 279 g/mol. The molecular weight excluding hydrogens is 244 g/mol. The van der Waals surface area contributed by atoms with Crippen LogP contribution in [0.5, 0.6) is 0 Å². The van der Waals surface area contributed by atoms with Crippen molar-refractivity contribution in [2.45, 2.75) is 98.1 Å². The van der Waals surface area contributed by atoms with Crippen molar-refractivity contribution in [2.75, 3.05) is 0 Å². The van der Waals surface area contributed by atoms with Crippen molar-refractivity contribution in [3.8, 4) is 0 Å². The van der Waals surface area contributed by atoms with Crippen molar-refractivity contribution in [1.82, 2.24) is 4.57 Å². The lowest BCUT2D eigenvalue weighted by molar-refractivity contribution is -0.702. The Labute approximate surface area is 126 Å². The van der Waals surface area contributed by atoms with Crippen LogP contribution < -0.4 is 4.57 Å². The number of unbranched alkanes of at least 4 members (excludes halogenated alkanes) is 8. The Balaban J connectivity index is 2.21. The minimum Gasteiger partial charge on any atom is -0.234 e. The molecule has 0 saturated heterocycles. The molecule has 0 amide bonds. The molecule has 1 aromatic heterocycles. The maximum Gasteiger partial charge on any atom is 0.253 e. The van der Waals surface area contributed by atoms with Crippen LogP contribution in [-0.4, -0.2) is 4.57 Å². The Morgan fingerprint density at radius 2 is 1.45 bits per heavy atom. The Bertz CT molecular complexity index is 341. The van der Waals surface area contributed by atoms with Crippen molar-refractivity contribution >= 4 is 0 Å². The summed E-state index contributed by atoms with van der Waals surface area (Å²) in [5, 5.41) is 0. The number of imidazole rings is 1. The molecule has 2 heteroatoms. The Morgan fingerprint density at radius 1 is 0.850 bits per heavy atom. The summed E-state index contributed by atoms with van der Waals surface area (Å²) in [6.07, 6.45) is 18.2. The van der Waals surface area contributed by atoms with Crippen LogP contribution in [0.1, 0.15) is 83.9 Å². The van der Waals surface area contributed by atoms with Gasteiger partial charge < -0.3 is 0 Å². The predicted molar refractivity (Wildman–Crippen MR) is 86.9 cm³/mol. The van der Waals surface area contributed by atoms with Gasteiger partial charge in [-0.05, 0) is 25.7 Å². The average molecular weight is 279 g/mol. The van der Waals surface area contributed by atoms with E-state index >= 15 is 0 Å². The Morgan fingerprint density at radius 3 is 2.15 bits per heavy atom. The Hall–Kier alpha value is -0.790. The molecule has 0 bridgehead atoms. The third-order valence-electron chi connectivity index (χ3n) is 4.26. The maximum atomic E-state index is 2.43. The lowest BCUT2D eigenvalue weighted by atomic mass is 10.1. The zero-order valence-electron chi connectivity index (χ0n) is 14.0. The molecule has 0 aliphatic rings. The van der Waals surface area contributed by atoms with E-state index in [1.165, 1.54) is 83.1 Å². The van der Waals surface area contributed by atoms with Crippen LogP contribution in [0.15, 0.2) is 12.4 Å². The van der Waals surface area contributed by atoms with E-state index in [1.807, 2.05) is 0 Å². The molecular formula is C18H35N2+. The van der Waals surface area contributed by atoms with Gasteiger partial charge in [0.2, 0.25) is 0 Å². The highest BCUT2D eigenvalue weighted by atomic mass is 15.1. The fourth-order valence-corrected chi connectivity index (χ4v) is 2.79. The second kappa shape index (κ2) is 10.9. The molecule has 0 saturated carbocycles. The number of rotatable bonds is 12. The number of aryl methyl sites for hydroxylation is 2. The molecule has 0 aliphatic heterocycles. The van der Waals surface area contributed by atoms with E-state index in [4.69, 9.17) is 0 Å². The summed E-state index contributed by atoms with van der Waals surface area (Å²) >= 11 is 0. The number of hydrogen-bond donors (Lipinski definition) is 0. The lowest BCUT2D eigenvalue weighted by Gasteiger charge is -2.02. The van der Waals surface area contributed by atoms with Crippen LogP contribution in [0.2, 0.25) is 0 Å². The van der Waals surface area contributed by atoms with Crippen molar-refractivity contribution in [1.29, 1.82) is 0 Å². The molecule has 1 aromatic rings. The summed E-state index contributed by atoms with van der Waals surface area (Å²) in [6, 6.07) is 0. The van der Waals surface area contributed by atoms with Crippen LogP contribution in [0, 0.1) is 6.92 Å². The normalized spacial score (nSPS) is 11.2. The van der Waals surface area contributed by atoms with E-state index < -0.39 is 0 Å². The van der Waals surface area contributed by atoms with Gasteiger partial charge in [0, 0.05) is 6.92 Å². The topological polar surface area (TPSA) is 8.81 Å². The molecule has 0 unspecified atom stereocenters. The molecule has 0 spiro atoms. The number of nitrogens with zero attached hydrogens (tertiary/aromatic N) is 2. The minimum atomic E-state index is 1.19. The van der Waals surface area contributed by atoms with Gasteiger partial charge in [0.25, 0.3) is 5.82 Å². The van der Waals surface area contributed by atoms with Gasteiger partial charge in [0.1, 0.15) is 12.4 Å². The third-order valence-corrected chi connectivity index (χ3v) is 4.26. The number of hydrogen-bond acceptors (Lipinski definition) is 0. The van der Waals surface area contributed by atoms with Crippen LogP contribution >= 0.6 is 0 Å². The second-order valence-electron chi connectivity index (χ2n) is 6.06. The van der Waals surface area contributed by atoms with Crippen LogP contribution in [0.25, 0.3) is 0 Å². The molecule has 0 N–H and O–H groups in total. The largest absolute Gasteiger partial charge is 0.253 e. The van der Waals surface area contributed by atoms with Crippen LogP contribution in [0.4, 0.5) is 0 Å². The first-order valence-corrected chi connectivity index (χ1v) is 8.84. The predicted octanol–water partition coefficient (Wildman–Crippen LogP) is 5.02. The summed E-state index contributed by atoms with van der Waals surface area (Å²) in [5.41, 5.74) is 0. The smallest absolute Gasteiger partial charge is 0.234 e. The zero-order chi connectivity index (χ0) is 14.6. The van der Waals surface area contributed by atoms with Crippen molar-refractivity contribution in [3.63, 3.8) is 0 Å². The molecule has 0 aliphatic carbocycles. The highest BCUT2D eigenvalue weighted by molar-refractivity contribution is 4.79. The molecule has 0 fully saturated rings. The fourth-order valence-electron chi connectivity index (χ4n) is 2.79. The summed E-state index contributed by atoms with van der Waals surface area (Å²) in [6.45, 7) is 9.20. The lowest BCUT2D eigenvalue weighted by Crippen LogP contribution is -2.35. The molecule has 0 aromatic carbocycles. The van der Waals surface area contributed by atoms with Gasteiger partial charge in [-0.1, -0.05) is 52.4 Å². The van der Waals surface area contributed by atoms with Gasteiger partial charge in [0.15, 0.2) is 0 Å². The van der Waals surface area contributed by atoms with Gasteiger partial charge >= 0.3 is 0 Å².